The van der Waals surface area contributed by atoms with Crippen molar-refractivity contribution < 1.29 is 0 Å². The Labute approximate surface area is 115 Å². The lowest BCUT2D eigenvalue weighted by Crippen LogP contribution is -2.32. The highest BCUT2D eigenvalue weighted by Gasteiger charge is 2.41. The van der Waals surface area contributed by atoms with Crippen molar-refractivity contribution in [3.05, 3.63) is 30.3 Å². The van der Waals surface area contributed by atoms with Crippen molar-refractivity contribution in [3.8, 4) is 0 Å². The van der Waals surface area contributed by atoms with Gasteiger partial charge in [0.25, 0.3) is 0 Å². The number of hydrogen-bond donors (Lipinski definition) is 0. The minimum absolute atomic E-state index is 0.550. The smallest absolute Gasteiger partial charge is 0.0619 e. The third kappa shape index (κ3) is 2.77. The van der Waals surface area contributed by atoms with Gasteiger partial charge in [0.2, 0.25) is 0 Å². The van der Waals surface area contributed by atoms with Gasteiger partial charge in [-0.05, 0) is 63.5 Å². The second kappa shape index (κ2) is 6.14. The van der Waals surface area contributed by atoms with Gasteiger partial charge >= 0.3 is 0 Å². The Morgan fingerprint density at radius 2 is 1.17 bits per heavy atom. The summed E-state index contributed by atoms with van der Waals surface area (Å²) in [6, 6.07) is 11.5. The summed E-state index contributed by atoms with van der Waals surface area (Å²) >= 11 is 0. The molecule has 0 amide bonds. The normalized spacial score (nSPS) is 33.2. The molecule has 2 atom stereocenters. The van der Waals surface area contributed by atoms with Crippen LogP contribution in [0.4, 0.5) is 0 Å². The molecular weight excluding hydrogens is 236 g/mol. The van der Waals surface area contributed by atoms with Crippen molar-refractivity contribution in [2.45, 2.75) is 73.2 Å². The molecule has 0 nitrogen and oxygen atoms in total. The molecule has 0 aromatic heterocycles. The van der Waals surface area contributed by atoms with Crippen LogP contribution in [-0.2, 0) is 10.9 Å². The first-order valence-electron chi connectivity index (χ1n) is 7.72. The monoisotopic (exact) mass is 261 g/mol. The van der Waals surface area contributed by atoms with Crippen LogP contribution in [0, 0.1) is 0 Å². The number of fused-ring (bicyclic) bond motifs is 2. The van der Waals surface area contributed by atoms with E-state index in [1.807, 2.05) is 0 Å². The van der Waals surface area contributed by atoms with Crippen LogP contribution in [0.3, 0.4) is 0 Å². The number of hydrogen-bond acceptors (Lipinski definition) is 0. The zero-order valence-electron chi connectivity index (χ0n) is 11.3. The molecule has 3 rings (SSSR count). The van der Waals surface area contributed by atoms with Gasteiger partial charge in [0.1, 0.15) is 10.5 Å². The van der Waals surface area contributed by atoms with E-state index in [2.05, 4.69) is 30.3 Å². The van der Waals surface area contributed by atoms with Gasteiger partial charge in [0.05, 0.1) is 0 Å². The largest absolute Gasteiger partial charge is 0.155 e. The second-order valence-electron chi connectivity index (χ2n) is 5.85. The van der Waals surface area contributed by atoms with Crippen molar-refractivity contribution >= 4 is 10.9 Å². The van der Waals surface area contributed by atoms with E-state index in [-0.39, 0.29) is 0 Å². The topological polar surface area (TPSA) is 0 Å². The maximum atomic E-state index is 2.40. The quantitative estimate of drug-likeness (QED) is 0.628. The van der Waals surface area contributed by atoms with Crippen LogP contribution in [0.25, 0.3) is 0 Å². The van der Waals surface area contributed by atoms with Crippen LogP contribution in [0.5, 0.6) is 0 Å². The molecule has 2 heterocycles. The number of rotatable bonds is 1. The van der Waals surface area contributed by atoms with E-state index in [4.69, 9.17) is 0 Å². The lowest BCUT2D eigenvalue weighted by Gasteiger charge is -2.25. The molecular formula is C17H25S+. The molecule has 1 aromatic carbocycles. The molecule has 2 aliphatic rings. The predicted molar refractivity (Wildman–Crippen MR) is 81.2 cm³/mol. The average Bonchev–Trinajstić information content (AvgIpc) is 2.61. The molecule has 18 heavy (non-hydrogen) atoms. The molecule has 0 saturated carbocycles. The predicted octanol–water partition coefficient (Wildman–Crippen LogP) is 4.94. The summed E-state index contributed by atoms with van der Waals surface area (Å²) in [6.45, 7) is 0. The zero-order chi connectivity index (χ0) is 12.2. The Morgan fingerprint density at radius 1 is 0.667 bits per heavy atom. The standard InChI is InChI=1S/C17H25S/c1-3-9-15(10-4-1)18-16-11-5-2-6-12-17(18)14-8-7-13-16/h1,3-4,9-10,16-17H,2,5-8,11-14H2/q+1. The highest BCUT2D eigenvalue weighted by atomic mass is 32.2. The second-order valence-corrected chi connectivity index (χ2v) is 8.40. The fourth-order valence-electron chi connectivity index (χ4n) is 3.70. The molecule has 2 unspecified atom stereocenters. The summed E-state index contributed by atoms with van der Waals surface area (Å²) in [7, 11) is 0.550. The summed E-state index contributed by atoms with van der Waals surface area (Å²) in [4.78, 5) is 1.66. The first-order chi connectivity index (χ1) is 8.95. The van der Waals surface area contributed by atoms with E-state index in [9.17, 15) is 0 Å². The molecule has 0 N–H and O–H groups in total. The van der Waals surface area contributed by atoms with Gasteiger partial charge in [-0.2, -0.15) is 0 Å². The van der Waals surface area contributed by atoms with Crippen molar-refractivity contribution in [1.29, 1.82) is 0 Å². The van der Waals surface area contributed by atoms with Crippen LogP contribution in [0.15, 0.2) is 35.2 Å². The molecule has 2 bridgehead atoms. The minimum atomic E-state index is 0.550. The molecule has 1 heteroatoms. The van der Waals surface area contributed by atoms with Gasteiger partial charge in [-0.25, -0.2) is 0 Å². The molecule has 0 spiro atoms. The first-order valence-corrected chi connectivity index (χ1v) is 9.07. The van der Waals surface area contributed by atoms with Crippen molar-refractivity contribution in [2.24, 2.45) is 0 Å². The van der Waals surface area contributed by atoms with Gasteiger partial charge in [0, 0.05) is 10.9 Å². The van der Waals surface area contributed by atoms with Gasteiger partial charge < -0.3 is 0 Å². The van der Waals surface area contributed by atoms with E-state index in [1.165, 1.54) is 57.8 Å². The Bertz CT molecular complexity index is 343. The summed E-state index contributed by atoms with van der Waals surface area (Å²) in [5.41, 5.74) is 0. The summed E-state index contributed by atoms with van der Waals surface area (Å²) in [6.07, 6.45) is 13.4. The minimum Gasteiger partial charge on any atom is -0.0619 e. The molecule has 1 aromatic rings. The highest BCUT2D eigenvalue weighted by molar-refractivity contribution is 7.98. The third-order valence-corrected chi connectivity index (χ3v) is 7.78. The van der Waals surface area contributed by atoms with Crippen LogP contribution < -0.4 is 0 Å². The fraction of sp³-hybridized carbons (Fsp3) is 0.647. The van der Waals surface area contributed by atoms with E-state index >= 15 is 0 Å². The average molecular weight is 261 g/mol. The third-order valence-electron chi connectivity index (χ3n) is 4.59. The van der Waals surface area contributed by atoms with Crippen LogP contribution >= 0.6 is 0 Å². The maximum Gasteiger partial charge on any atom is 0.155 e. The van der Waals surface area contributed by atoms with Gasteiger partial charge in [-0.3, -0.25) is 0 Å². The van der Waals surface area contributed by atoms with E-state index in [0.717, 1.165) is 10.5 Å². The van der Waals surface area contributed by atoms with Crippen LogP contribution in [0.2, 0.25) is 0 Å². The lowest BCUT2D eigenvalue weighted by molar-refractivity contribution is 0.569. The molecule has 0 radical (unpaired) electrons. The first kappa shape index (κ1) is 12.6. The summed E-state index contributed by atoms with van der Waals surface area (Å²) < 4.78 is 0. The van der Waals surface area contributed by atoms with E-state index in [0.29, 0.717) is 10.9 Å². The highest BCUT2D eigenvalue weighted by Crippen LogP contribution is 2.38. The van der Waals surface area contributed by atoms with Gasteiger partial charge in [0.15, 0.2) is 4.90 Å². The molecule has 0 aliphatic carbocycles. The van der Waals surface area contributed by atoms with Crippen molar-refractivity contribution in [3.63, 3.8) is 0 Å². The summed E-state index contributed by atoms with van der Waals surface area (Å²) in [5, 5.41) is 2.00. The van der Waals surface area contributed by atoms with Gasteiger partial charge in [-0.1, -0.05) is 24.6 Å². The number of benzene rings is 1. The molecule has 2 aliphatic heterocycles. The summed E-state index contributed by atoms with van der Waals surface area (Å²) in [5.74, 6) is 0. The van der Waals surface area contributed by atoms with Gasteiger partial charge in [-0.15, -0.1) is 0 Å². The Balaban J connectivity index is 1.91. The maximum absolute atomic E-state index is 2.40. The van der Waals surface area contributed by atoms with E-state index in [1.54, 1.807) is 4.90 Å². The molecule has 2 fully saturated rings. The fourth-order valence-corrected chi connectivity index (χ4v) is 7.16. The Morgan fingerprint density at radius 3 is 1.72 bits per heavy atom. The lowest BCUT2D eigenvalue weighted by atomic mass is 10.1. The Hall–Kier alpha value is -0.430. The van der Waals surface area contributed by atoms with Crippen LogP contribution in [-0.4, -0.2) is 10.5 Å². The SMILES string of the molecule is c1ccc([S+]2C3CCCCCC2CCCC3)cc1. The van der Waals surface area contributed by atoms with Crippen molar-refractivity contribution in [2.75, 3.05) is 0 Å². The molecule has 98 valence electrons. The van der Waals surface area contributed by atoms with E-state index < -0.39 is 0 Å². The zero-order valence-corrected chi connectivity index (χ0v) is 12.1. The van der Waals surface area contributed by atoms with Crippen LogP contribution in [0.1, 0.15) is 57.8 Å². The van der Waals surface area contributed by atoms with Crippen molar-refractivity contribution in [1.82, 2.24) is 0 Å². The molecule has 2 saturated heterocycles. The Kier molecular flexibility index (Phi) is 4.30.